The van der Waals surface area contributed by atoms with E-state index in [1.54, 1.807) is 18.2 Å². The number of amides is 1. The van der Waals surface area contributed by atoms with Crippen molar-refractivity contribution >= 4 is 17.4 Å². The van der Waals surface area contributed by atoms with Crippen molar-refractivity contribution in [3.63, 3.8) is 0 Å². The van der Waals surface area contributed by atoms with E-state index in [1.165, 1.54) is 34.1 Å². The van der Waals surface area contributed by atoms with Gasteiger partial charge in [0.2, 0.25) is 5.78 Å². The molecule has 1 atom stereocenters. The standard InChI is InChI=1S/C27H33FN2O4/c1-17(2)16-34-22-12-9-20(15-18(22)3)25(31)23-24(19-7-10-21(28)11-8-19)30(27(33)26(23)32)14-6-13-29(4)5/h7-12,15,17,24,31H,6,13-14,16H2,1-5H3/b25-23+. The molecule has 1 saturated heterocycles. The summed E-state index contributed by atoms with van der Waals surface area (Å²) in [6.07, 6.45) is 0.668. The lowest BCUT2D eigenvalue weighted by Gasteiger charge is -2.28. The summed E-state index contributed by atoms with van der Waals surface area (Å²) in [7, 11) is 4.01. The predicted molar refractivity (Wildman–Crippen MR) is 127 cm³/mol. The van der Waals surface area contributed by atoms with E-state index in [-0.39, 0.29) is 5.57 Å². The van der Waals surface area contributed by atoms with Gasteiger partial charge in [0.05, 0.1) is 33.3 Å². The van der Waals surface area contributed by atoms with Crippen molar-refractivity contribution in [1.82, 2.24) is 4.90 Å². The molecule has 182 valence electrons. The molecule has 1 N–H and O–H groups in total. The zero-order valence-corrected chi connectivity index (χ0v) is 20.5. The van der Waals surface area contributed by atoms with Crippen molar-refractivity contribution < 1.29 is 28.7 Å². The third-order valence-electron chi connectivity index (χ3n) is 5.80. The molecule has 1 unspecified atom stereocenters. The van der Waals surface area contributed by atoms with Gasteiger partial charge in [-0.1, -0.05) is 37.8 Å². The molecule has 2 aromatic carbocycles. The Labute approximate surface area is 200 Å². The number of hydrogen-bond acceptors (Lipinski definition) is 4. The van der Waals surface area contributed by atoms with Crippen LogP contribution in [0.15, 0.2) is 48.0 Å². The van der Waals surface area contributed by atoms with Gasteiger partial charge in [0.1, 0.15) is 11.6 Å². The molecule has 2 aromatic rings. The summed E-state index contributed by atoms with van der Waals surface area (Å²) in [4.78, 5) is 28.7. The van der Waals surface area contributed by atoms with Gasteiger partial charge in [0, 0.05) is 18.5 Å². The van der Waals surface area contributed by atoms with Crippen LogP contribution in [0.3, 0.4) is 0 Å². The van der Waals surface area contributed by atoms with Crippen LogP contribution in [0.2, 0.25) is 0 Å². The number of ketones is 1. The number of halogens is 1. The van der Waals surface area contributed by atoms with Gasteiger partial charge in [0.25, 0.3) is 5.91 Å². The third kappa shape index (κ3) is 5.65. The van der Waals surface area contributed by atoms with Crippen molar-refractivity contribution in [3.8, 4) is 5.75 Å². The average Bonchev–Trinajstić information content (AvgIpc) is 3.03. The van der Waals surface area contributed by atoms with E-state index in [1.807, 2.05) is 34.9 Å². The van der Waals surface area contributed by atoms with Gasteiger partial charge >= 0.3 is 0 Å². The van der Waals surface area contributed by atoms with Crippen LogP contribution < -0.4 is 14.7 Å². The maximum Gasteiger partial charge on any atom is 0.295 e. The van der Waals surface area contributed by atoms with Crippen LogP contribution in [0.1, 0.15) is 43.0 Å². The van der Waals surface area contributed by atoms with Crippen LogP contribution in [-0.4, -0.2) is 50.4 Å². The van der Waals surface area contributed by atoms with E-state index >= 15 is 0 Å². The van der Waals surface area contributed by atoms with E-state index < -0.39 is 29.3 Å². The molecule has 1 heterocycles. The zero-order valence-electron chi connectivity index (χ0n) is 20.5. The SMILES string of the molecule is Cc1cc(/C([O-])=C2\C(=O)C(=O)N(CCC[NH+](C)C)C2c2ccc(F)cc2)ccc1OCC(C)C. The highest BCUT2D eigenvalue weighted by atomic mass is 19.1. The van der Waals surface area contributed by atoms with Crippen molar-refractivity contribution in [2.24, 2.45) is 5.92 Å². The fraction of sp³-hybridized carbons (Fsp3) is 0.407. The molecule has 1 amide bonds. The Kier molecular flexibility index (Phi) is 8.10. The highest BCUT2D eigenvalue weighted by molar-refractivity contribution is 6.46. The van der Waals surface area contributed by atoms with E-state index in [9.17, 15) is 19.1 Å². The summed E-state index contributed by atoms with van der Waals surface area (Å²) < 4.78 is 19.4. The number of rotatable bonds is 9. The van der Waals surface area contributed by atoms with Crippen LogP contribution in [0.25, 0.3) is 5.76 Å². The lowest BCUT2D eigenvalue weighted by atomic mass is 9.94. The molecule has 0 saturated carbocycles. The van der Waals surface area contributed by atoms with Crippen LogP contribution in [0.5, 0.6) is 5.75 Å². The molecular formula is C27H33FN2O4. The Morgan fingerprint density at radius 1 is 1.15 bits per heavy atom. The summed E-state index contributed by atoms with van der Waals surface area (Å²) in [6.45, 7) is 7.62. The number of carbonyl (C=O) groups is 2. The van der Waals surface area contributed by atoms with Crippen molar-refractivity contribution in [2.75, 3.05) is 33.8 Å². The monoisotopic (exact) mass is 468 g/mol. The van der Waals surface area contributed by atoms with E-state index in [4.69, 9.17) is 4.74 Å². The number of benzene rings is 2. The molecule has 0 radical (unpaired) electrons. The second kappa shape index (κ2) is 10.8. The minimum atomic E-state index is -0.845. The molecule has 1 fully saturated rings. The molecule has 0 aromatic heterocycles. The first-order valence-corrected chi connectivity index (χ1v) is 11.6. The molecule has 0 bridgehead atoms. The Bertz CT molecular complexity index is 1080. The summed E-state index contributed by atoms with van der Waals surface area (Å²) in [5.74, 6) is -1.38. The normalized spacial score (nSPS) is 17.8. The van der Waals surface area contributed by atoms with E-state index in [0.717, 1.165) is 12.1 Å². The lowest BCUT2D eigenvalue weighted by molar-refractivity contribution is -0.858. The smallest absolute Gasteiger partial charge is 0.295 e. The van der Waals surface area contributed by atoms with Crippen LogP contribution in [0, 0.1) is 18.7 Å². The number of Topliss-reactive ketones (excluding diaryl/α,β-unsaturated/α-hetero) is 1. The molecule has 0 spiro atoms. The van der Waals surface area contributed by atoms with Gasteiger partial charge in [-0.05, 0) is 53.8 Å². The summed E-state index contributed by atoms with van der Waals surface area (Å²) >= 11 is 0. The van der Waals surface area contributed by atoms with Crippen molar-refractivity contribution in [3.05, 3.63) is 70.5 Å². The number of carbonyl (C=O) groups excluding carboxylic acids is 2. The summed E-state index contributed by atoms with van der Waals surface area (Å²) in [5, 5.41) is 13.6. The summed E-state index contributed by atoms with van der Waals surface area (Å²) in [5.41, 5.74) is 1.53. The molecule has 1 aliphatic rings. The quantitative estimate of drug-likeness (QED) is 0.347. The molecule has 3 rings (SSSR count). The molecule has 34 heavy (non-hydrogen) atoms. The molecule has 6 nitrogen and oxygen atoms in total. The van der Waals surface area contributed by atoms with Gasteiger partial charge in [-0.15, -0.1) is 0 Å². The highest BCUT2D eigenvalue weighted by Gasteiger charge is 2.43. The fourth-order valence-corrected chi connectivity index (χ4v) is 4.06. The molecule has 1 aliphatic heterocycles. The van der Waals surface area contributed by atoms with Gasteiger partial charge in [-0.25, -0.2) is 4.39 Å². The largest absolute Gasteiger partial charge is 0.872 e. The Hall–Kier alpha value is -3.19. The number of ether oxygens (including phenoxy) is 1. The highest BCUT2D eigenvalue weighted by Crippen LogP contribution is 2.39. The number of nitrogens with one attached hydrogen (secondary N) is 1. The molecular weight excluding hydrogens is 435 g/mol. The maximum atomic E-state index is 13.6. The predicted octanol–water partition coefficient (Wildman–Crippen LogP) is 1.93. The van der Waals surface area contributed by atoms with E-state index in [2.05, 4.69) is 0 Å². The zero-order chi connectivity index (χ0) is 25.0. The number of aryl methyl sites for hydroxylation is 1. The number of likely N-dealkylation sites (tertiary alicyclic amines) is 1. The Morgan fingerprint density at radius 3 is 2.41 bits per heavy atom. The third-order valence-corrected chi connectivity index (χ3v) is 5.80. The molecule has 7 heteroatoms. The minimum Gasteiger partial charge on any atom is -0.872 e. The first-order chi connectivity index (χ1) is 16.1. The maximum absolute atomic E-state index is 13.6. The lowest BCUT2D eigenvalue weighted by Crippen LogP contribution is -3.05. The van der Waals surface area contributed by atoms with Gasteiger partial charge in [-0.2, -0.15) is 0 Å². The number of hydrogen-bond donors (Lipinski definition) is 1. The van der Waals surface area contributed by atoms with Crippen LogP contribution >= 0.6 is 0 Å². The van der Waals surface area contributed by atoms with Gasteiger partial charge in [-0.3, -0.25) is 9.59 Å². The fourth-order valence-electron chi connectivity index (χ4n) is 4.06. The topological polar surface area (TPSA) is 74.1 Å². The molecule has 0 aliphatic carbocycles. The number of nitrogens with zero attached hydrogens (tertiary/aromatic N) is 1. The van der Waals surface area contributed by atoms with Crippen LogP contribution in [-0.2, 0) is 9.59 Å². The second-order valence-electron chi connectivity index (χ2n) is 9.52. The van der Waals surface area contributed by atoms with Crippen molar-refractivity contribution in [2.45, 2.75) is 33.2 Å². The minimum absolute atomic E-state index is 0.0935. The van der Waals surface area contributed by atoms with E-state index in [0.29, 0.717) is 42.4 Å². The summed E-state index contributed by atoms with van der Waals surface area (Å²) in [6, 6.07) is 9.78. The Balaban J connectivity index is 2.03. The van der Waals surface area contributed by atoms with Crippen LogP contribution in [0.4, 0.5) is 4.39 Å². The average molecular weight is 469 g/mol. The Morgan fingerprint density at radius 2 is 1.82 bits per heavy atom. The van der Waals surface area contributed by atoms with Gasteiger partial charge in [0.15, 0.2) is 0 Å². The first-order valence-electron chi connectivity index (χ1n) is 11.6. The number of quaternary nitrogens is 1. The van der Waals surface area contributed by atoms with Gasteiger partial charge < -0.3 is 19.6 Å². The van der Waals surface area contributed by atoms with Crippen molar-refractivity contribution in [1.29, 1.82) is 0 Å². The first kappa shape index (κ1) is 25.4. The second-order valence-corrected chi connectivity index (χ2v) is 9.52.